The summed E-state index contributed by atoms with van der Waals surface area (Å²) in [5.41, 5.74) is 2.64. The van der Waals surface area contributed by atoms with Gasteiger partial charge in [-0.15, -0.1) is 5.10 Å². The number of nitro groups is 1. The Hall–Kier alpha value is -2.97. The Balaban J connectivity index is 2.14. The van der Waals surface area contributed by atoms with Crippen molar-refractivity contribution in [2.45, 2.75) is 6.92 Å². The highest BCUT2D eigenvalue weighted by molar-refractivity contribution is 5.53. The van der Waals surface area contributed by atoms with Crippen LogP contribution >= 0.6 is 0 Å². The fraction of sp³-hybridized carbons (Fsp3) is 0.182. The van der Waals surface area contributed by atoms with Gasteiger partial charge in [-0.3, -0.25) is 15.5 Å². The van der Waals surface area contributed by atoms with Gasteiger partial charge in [0.25, 0.3) is 0 Å². The molecule has 0 spiro atoms. The largest absolute Gasteiger partial charge is 0.482 e. The predicted molar refractivity (Wildman–Crippen MR) is 70.1 cm³/mol. The van der Waals surface area contributed by atoms with E-state index in [0.29, 0.717) is 12.4 Å². The summed E-state index contributed by atoms with van der Waals surface area (Å²) in [7, 11) is 0. The van der Waals surface area contributed by atoms with E-state index < -0.39 is 4.92 Å². The first-order valence-electron chi connectivity index (χ1n) is 5.67. The number of nitrogens with one attached hydrogen (secondary N) is 1. The molecule has 0 aliphatic carbocycles. The molecule has 0 aliphatic heterocycles. The van der Waals surface area contributed by atoms with Crippen LogP contribution in [0.15, 0.2) is 33.9 Å². The molecule has 0 unspecified atom stereocenters. The maximum absolute atomic E-state index is 10.5. The Kier molecular flexibility index (Phi) is 4.22. The van der Waals surface area contributed by atoms with Gasteiger partial charge >= 0.3 is 5.88 Å². The molecule has 1 N–H and O–H groups in total. The van der Waals surface area contributed by atoms with Crippen molar-refractivity contribution in [3.8, 4) is 11.6 Å². The summed E-state index contributed by atoms with van der Waals surface area (Å²) >= 11 is 0. The Morgan fingerprint density at radius 2 is 2.40 bits per heavy atom. The van der Waals surface area contributed by atoms with Gasteiger partial charge in [0.05, 0.1) is 12.7 Å². The lowest BCUT2D eigenvalue weighted by molar-refractivity contribution is -0.401. The van der Waals surface area contributed by atoms with Gasteiger partial charge in [0.2, 0.25) is 0 Å². The Morgan fingerprint density at radius 1 is 1.55 bits per heavy atom. The number of ether oxygens (including phenoxy) is 1. The maximum atomic E-state index is 10.5. The molecule has 0 aliphatic rings. The molecule has 9 heteroatoms. The summed E-state index contributed by atoms with van der Waals surface area (Å²) in [6, 6.07) is 4.26. The van der Waals surface area contributed by atoms with E-state index in [-0.39, 0.29) is 17.5 Å². The van der Waals surface area contributed by atoms with Crippen molar-refractivity contribution in [3.05, 3.63) is 34.5 Å². The zero-order chi connectivity index (χ0) is 14.4. The maximum Gasteiger partial charge on any atom is 0.433 e. The van der Waals surface area contributed by atoms with Crippen LogP contribution < -0.4 is 5.43 Å². The Labute approximate surface area is 113 Å². The van der Waals surface area contributed by atoms with Crippen molar-refractivity contribution in [2.24, 2.45) is 5.10 Å². The van der Waals surface area contributed by atoms with E-state index in [0.717, 1.165) is 0 Å². The van der Waals surface area contributed by atoms with Gasteiger partial charge in [-0.2, -0.15) is 0 Å². The van der Waals surface area contributed by atoms with Gasteiger partial charge < -0.3 is 9.15 Å². The van der Waals surface area contributed by atoms with Crippen LogP contribution in [0.5, 0.6) is 0 Å². The van der Waals surface area contributed by atoms with Crippen LogP contribution in [-0.4, -0.2) is 27.9 Å². The molecule has 2 rings (SSSR count). The van der Waals surface area contributed by atoms with Crippen molar-refractivity contribution >= 4 is 18.1 Å². The lowest BCUT2D eigenvalue weighted by atomic mass is 10.4. The average molecular weight is 277 g/mol. The van der Waals surface area contributed by atoms with Crippen LogP contribution in [0, 0.1) is 10.1 Å². The quantitative estimate of drug-likeness (QED) is 0.371. The third-order valence-electron chi connectivity index (χ3n) is 2.12. The highest BCUT2D eigenvalue weighted by Gasteiger charge is 2.14. The Morgan fingerprint density at radius 3 is 3.10 bits per heavy atom. The second-order valence-electron chi connectivity index (χ2n) is 3.46. The first-order chi connectivity index (χ1) is 9.70. The summed E-state index contributed by atoms with van der Waals surface area (Å²) in [6.07, 6.45) is 2.73. The molecule has 0 saturated heterocycles. The smallest absolute Gasteiger partial charge is 0.433 e. The lowest BCUT2D eigenvalue weighted by Crippen LogP contribution is -1.97. The van der Waals surface area contributed by atoms with Gasteiger partial charge in [0, 0.05) is 12.3 Å². The molecule has 0 bridgehead atoms. The summed E-state index contributed by atoms with van der Waals surface area (Å²) in [5, 5.41) is 14.3. The minimum absolute atomic E-state index is 0.203. The molecule has 2 heterocycles. The predicted octanol–water partition coefficient (Wildman–Crippen LogP) is 2.04. The summed E-state index contributed by atoms with van der Waals surface area (Å²) in [4.78, 5) is 18.0. The first kappa shape index (κ1) is 13.5. The first-order valence-corrected chi connectivity index (χ1v) is 5.67. The van der Waals surface area contributed by atoms with Crippen LogP contribution in [0.25, 0.3) is 11.6 Å². The second-order valence-corrected chi connectivity index (χ2v) is 3.46. The highest BCUT2D eigenvalue weighted by Crippen LogP contribution is 2.23. The van der Waals surface area contributed by atoms with Crippen LogP contribution in [0.2, 0.25) is 0 Å². The second kappa shape index (κ2) is 6.27. The third-order valence-corrected chi connectivity index (χ3v) is 2.12. The standard InChI is InChI=1S/C11H11N5O4/c1-2-19-7-13-15-9-5-6-12-11(14-9)8-3-4-10(20-8)16(17)18/h3-7H,2H2,1H3,(H,12,14,15). The lowest BCUT2D eigenvalue weighted by Gasteiger charge is -2.00. The van der Waals surface area contributed by atoms with Crippen LogP contribution in [0.4, 0.5) is 11.7 Å². The minimum atomic E-state index is -0.627. The van der Waals surface area contributed by atoms with Crippen molar-refractivity contribution in [3.63, 3.8) is 0 Å². The SMILES string of the molecule is CCOC=NNc1ccnc(-c2ccc([N+](=O)[O-])o2)n1. The van der Waals surface area contributed by atoms with Crippen LogP contribution in [-0.2, 0) is 4.74 Å². The third kappa shape index (κ3) is 3.28. The number of anilines is 1. The zero-order valence-electron chi connectivity index (χ0n) is 10.5. The van der Waals surface area contributed by atoms with E-state index in [1.165, 1.54) is 24.7 Å². The molecule has 0 amide bonds. The van der Waals surface area contributed by atoms with Crippen LogP contribution in [0.1, 0.15) is 6.92 Å². The molecule has 20 heavy (non-hydrogen) atoms. The fourth-order valence-electron chi connectivity index (χ4n) is 1.29. The van der Waals surface area contributed by atoms with Crippen molar-refractivity contribution in [1.82, 2.24) is 9.97 Å². The Bertz CT molecular complexity index is 625. The number of aromatic nitrogens is 2. The number of hydrogen-bond acceptors (Lipinski definition) is 8. The molecule has 0 fully saturated rings. The molecule has 2 aromatic heterocycles. The summed E-state index contributed by atoms with van der Waals surface area (Å²) < 4.78 is 9.92. The monoisotopic (exact) mass is 277 g/mol. The fourth-order valence-corrected chi connectivity index (χ4v) is 1.29. The molecular formula is C11H11N5O4. The normalized spacial score (nSPS) is 10.7. The molecule has 0 aromatic carbocycles. The van der Waals surface area contributed by atoms with E-state index in [2.05, 4.69) is 20.5 Å². The minimum Gasteiger partial charge on any atom is -0.482 e. The van der Waals surface area contributed by atoms with Gasteiger partial charge in [-0.1, -0.05) is 0 Å². The molecule has 0 saturated carbocycles. The number of furan rings is 1. The molecule has 2 aromatic rings. The molecule has 0 atom stereocenters. The number of rotatable bonds is 6. The van der Waals surface area contributed by atoms with E-state index in [4.69, 9.17) is 9.15 Å². The van der Waals surface area contributed by atoms with Gasteiger partial charge in [-0.05, 0) is 13.0 Å². The number of hydrazone groups is 1. The molecule has 104 valence electrons. The average Bonchev–Trinajstić information content (AvgIpc) is 2.94. The van der Waals surface area contributed by atoms with Gasteiger partial charge in [0.15, 0.2) is 18.0 Å². The number of nitrogens with zero attached hydrogens (tertiary/aromatic N) is 4. The topological polar surface area (TPSA) is 116 Å². The van der Waals surface area contributed by atoms with E-state index in [1.54, 1.807) is 6.07 Å². The zero-order valence-corrected chi connectivity index (χ0v) is 10.5. The van der Waals surface area contributed by atoms with Crippen molar-refractivity contribution < 1.29 is 14.1 Å². The van der Waals surface area contributed by atoms with Crippen molar-refractivity contribution in [1.29, 1.82) is 0 Å². The summed E-state index contributed by atoms with van der Waals surface area (Å²) in [6.45, 7) is 2.34. The van der Waals surface area contributed by atoms with E-state index in [1.807, 2.05) is 6.92 Å². The van der Waals surface area contributed by atoms with E-state index in [9.17, 15) is 10.1 Å². The van der Waals surface area contributed by atoms with Crippen molar-refractivity contribution in [2.75, 3.05) is 12.0 Å². The molecule has 0 radical (unpaired) electrons. The summed E-state index contributed by atoms with van der Waals surface area (Å²) in [5.74, 6) is 0.463. The molecular weight excluding hydrogens is 266 g/mol. The van der Waals surface area contributed by atoms with Gasteiger partial charge in [0.1, 0.15) is 10.7 Å². The van der Waals surface area contributed by atoms with Gasteiger partial charge in [-0.25, -0.2) is 9.97 Å². The number of hydrogen-bond donors (Lipinski definition) is 1. The molecule has 9 nitrogen and oxygen atoms in total. The van der Waals surface area contributed by atoms with Crippen LogP contribution in [0.3, 0.4) is 0 Å². The highest BCUT2D eigenvalue weighted by atomic mass is 16.6. The van der Waals surface area contributed by atoms with E-state index >= 15 is 0 Å².